The van der Waals surface area contributed by atoms with Crippen LogP contribution in [-0.4, -0.2) is 35.9 Å². The number of anilines is 1. The fourth-order valence-corrected chi connectivity index (χ4v) is 3.74. The van der Waals surface area contributed by atoms with Gasteiger partial charge in [-0.15, -0.1) is 0 Å². The molecule has 2 aromatic rings. The summed E-state index contributed by atoms with van der Waals surface area (Å²) in [6.07, 6.45) is 2.52. The molecule has 1 atom stereocenters. The van der Waals surface area contributed by atoms with Crippen LogP contribution < -0.4 is 10.1 Å². The molecule has 30 heavy (non-hydrogen) atoms. The molecule has 5 nitrogen and oxygen atoms in total. The Morgan fingerprint density at radius 3 is 2.40 bits per heavy atom. The van der Waals surface area contributed by atoms with E-state index in [-0.39, 0.29) is 11.8 Å². The summed E-state index contributed by atoms with van der Waals surface area (Å²) in [5, 5.41) is 2.90. The van der Waals surface area contributed by atoms with E-state index in [0.29, 0.717) is 17.2 Å². The fraction of sp³-hybridized carbons (Fsp3) is 0.440. The minimum Gasteiger partial charge on any atom is -0.481 e. The van der Waals surface area contributed by atoms with Crippen LogP contribution in [0.3, 0.4) is 0 Å². The lowest BCUT2D eigenvalue weighted by atomic mass is 10.0. The summed E-state index contributed by atoms with van der Waals surface area (Å²) in [4.78, 5) is 27.7. The van der Waals surface area contributed by atoms with E-state index in [4.69, 9.17) is 4.74 Å². The smallest absolute Gasteiger partial charge is 0.265 e. The van der Waals surface area contributed by atoms with Gasteiger partial charge in [-0.1, -0.05) is 38.1 Å². The molecule has 1 saturated heterocycles. The van der Waals surface area contributed by atoms with Crippen LogP contribution in [0.1, 0.15) is 67.4 Å². The van der Waals surface area contributed by atoms with Gasteiger partial charge in [-0.05, 0) is 68.4 Å². The standard InChI is InChI=1S/C25H32N2O3/c1-17(2)20-13-12-18(3)16-23(20)30-19(4)24(28)26-22-11-7-6-10-21(22)25(29)27-14-8-5-9-15-27/h6-7,10-13,16-17,19H,5,8-9,14-15H2,1-4H3,(H,26,28)/t19-/m1/s1. The van der Waals surface area contributed by atoms with Crippen LogP contribution in [0.25, 0.3) is 0 Å². The van der Waals surface area contributed by atoms with Gasteiger partial charge in [-0.2, -0.15) is 0 Å². The van der Waals surface area contributed by atoms with E-state index in [1.54, 1.807) is 19.1 Å². The Kier molecular flexibility index (Phi) is 7.14. The molecule has 0 spiro atoms. The highest BCUT2D eigenvalue weighted by Crippen LogP contribution is 2.28. The van der Waals surface area contributed by atoms with Gasteiger partial charge in [0.05, 0.1) is 11.3 Å². The summed E-state index contributed by atoms with van der Waals surface area (Å²) in [5.74, 6) is 0.717. The van der Waals surface area contributed by atoms with Gasteiger partial charge in [-0.3, -0.25) is 9.59 Å². The number of nitrogens with one attached hydrogen (secondary N) is 1. The van der Waals surface area contributed by atoms with Crippen molar-refractivity contribution >= 4 is 17.5 Å². The molecule has 2 aromatic carbocycles. The van der Waals surface area contributed by atoms with Gasteiger partial charge in [0.25, 0.3) is 11.8 Å². The summed E-state index contributed by atoms with van der Waals surface area (Å²) < 4.78 is 6.03. The second kappa shape index (κ2) is 9.79. The number of hydrogen-bond acceptors (Lipinski definition) is 3. The predicted octanol–water partition coefficient (Wildman–Crippen LogP) is 5.15. The van der Waals surface area contributed by atoms with E-state index >= 15 is 0 Å². The van der Waals surface area contributed by atoms with Gasteiger partial charge >= 0.3 is 0 Å². The Labute approximate surface area is 179 Å². The molecule has 2 amide bonds. The Morgan fingerprint density at radius 1 is 1.00 bits per heavy atom. The number of aryl methyl sites for hydroxylation is 1. The number of piperidine rings is 1. The zero-order valence-electron chi connectivity index (χ0n) is 18.4. The van der Waals surface area contributed by atoms with Crippen LogP contribution in [0.2, 0.25) is 0 Å². The molecule has 160 valence electrons. The third-order valence-corrected chi connectivity index (χ3v) is 5.52. The van der Waals surface area contributed by atoms with Crippen LogP contribution in [-0.2, 0) is 4.79 Å². The van der Waals surface area contributed by atoms with Gasteiger partial charge in [0, 0.05) is 13.1 Å². The van der Waals surface area contributed by atoms with Crippen LogP contribution in [0.5, 0.6) is 5.75 Å². The highest BCUT2D eigenvalue weighted by atomic mass is 16.5. The fourth-order valence-electron chi connectivity index (χ4n) is 3.74. The Bertz CT molecular complexity index is 901. The van der Waals surface area contributed by atoms with Gasteiger partial charge in [0.1, 0.15) is 5.75 Å². The molecule has 1 aliphatic heterocycles. The molecule has 0 unspecified atom stereocenters. The van der Waals surface area contributed by atoms with Crippen molar-refractivity contribution in [2.45, 2.75) is 59.0 Å². The zero-order valence-corrected chi connectivity index (χ0v) is 18.4. The quantitative estimate of drug-likeness (QED) is 0.719. The lowest BCUT2D eigenvalue weighted by Gasteiger charge is -2.27. The van der Waals surface area contributed by atoms with E-state index in [1.807, 2.05) is 36.1 Å². The molecule has 1 N–H and O–H groups in total. The summed E-state index contributed by atoms with van der Waals surface area (Å²) in [7, 11) is 0. The normalized spacial score (nSPS) is 15.0. The number of likely N-dealkylation sites (tertiary alicyclic amines) is 1. The number of rotatable bonds is 6. The molecule has 1 fully saturated rings. The number of para-hydroxylation sites is 1. The van der Waals surface area contributed by atoms with Crippen molar-refractivity contribution in [2.24, 2.45) is 0 Å². The first-order valence-electron chi connectivity index (χ1n) is 10.8. The lowest BCUT2D eigenvalue weighted by Crippen LogP contribution is -2.36. The van der Waals surface area contributed by atoms with Crippen molar-refractivity contribution in [1.82, 2.24) is 4.90 Å². The van der Waals surface area contributed by atoms with Crippen molar-refractivity contribution in [3.05, 3.63) is 59.2 Å². The molecule has 0 radical (unpaired) electrons. The molecular weight excluding hydrogens is 376 g/mol. The summed E-state index contributed by atoms with van der Waals surface area (Å²) >= 11 is 0. The largest absolute Gasteiger partial charge is 0.481 e. The van der Waals surface area contributed by atoms with Gasteiger partial charge < -0.3 is 15.0 Å². The van der Waals surface area contributed by atoms with E-state index in [1.165, 1.54) is 0 Å². The van der Waals surface area contributed by atoms with E-state index in [0.717, 1.165) is 49.2 Å². The van der Waals surface area contributed by atoms with Gasteiger partial charge in [0.2, 0.25) is 0 Å². The first kappa shape index (κ1) is 21.9. The van der Waals surface area contributed by atoms with E-state index in [2.05, 4.69) is 25.2 Å². The minimum absolute atomic E-state index is 0.0278. The molecule has 3 rings (SSSR count). The molecule has 0 aliphatic carbocycles. The summed E-state index contributed by atoms with van der Waals surface area (Å²) in [5.41, 5.74) is 3.21. The Hall–Kier alpha value is -2.82. The number of carbonyl (C=O) groups is 2. The maximum Gasteiger partial charge on any atom is 0.265 e. The Morgan fingerprint density at radius 2 is 1.70 bits per heavy atom. The van der Waals surface area contributed by atoms with Crippen molar-refractivity contribution in [1.29, 1.82) is 0 Å². The Balaban J connectivity index is 1.73. The highest BCUT2D eigenvalue weighted by molar-refractivity contribution is 6.04. The van der Waals surface area contributed by atoms with Crippen molar-refractivity contribution in [3.8, 4) is 5.75 Å². The summed E-state index contributed by atoms with van der Waals surface area (Å²) in [6, 6.07) is 13.3. The van der Waals surface area contributed by atoms with Crippen LogP contribution in [0, 0.1) is 6.92 Å². The van der Waals surface area contributed by atoms with Crippen LogP contribution >= 0.6 is 0 Å². The second-order valence-corrected chi connectivity index (χ2v) is 8.34. The van der Waals surface area contributed by atoms with E-state index in [9.17, 15) is 9.59 Å². The zero-order chi connectivity index (χ0) is 21.7. The molecular formula is C25H32N2O3. The van der Waals surface area contributed by atoms with E-state index < -0.39 is 6.10 Å². The van der Waals surface area contributed by atoms with Crippen LogP contribution in [0.15, 0.2) is 42.5 Å². The topological polar surface area (TPSA) is 58.6 Å². The molecule has 0 bridgehead atoms. The van der Waals surface area contributed by atoms with Gasteiger partial charge in [-0.25, -0.2) is 0 Å². The number of hydrogen-bond donors (Lipinski definition) is 1. The first-order valence-corrected chi connectivity index (χ1v) is 10.8. The lowest BCUT2D eigenvalue weighted by molar-refractivity contribution is -0.122. The number of nitrogens with zero attached hydrogens (tertiary/aromatic N) is 1. The molecule has 1 heterocycles. The molecule has 0 aromatic heterocycles. The maximum absolute atomic E-state index is 13.0. The average Bonchev–Trinajstić information content (AvgIpc) is 2.74. The highest BCUT2D eigenvalue weighted by Gasteiger charge is 2.23. The molecule has 0 saturated carbocycles. The average molecular weight is 409 g/mol. The monoisotopic (exact) mass is 408 g/mol. The number of carbonyl (C=O) groups excluding carboxylic acids is 2. The summed E-state index contributed by atoms with van der Waals surface area (Å²) in [6.45, 7) is 9.48. The second-order valence-electron chi connectivity index (χ2n) is 8.34. The maximum atomic E-state index is 13.0. The third kappa shape index (κ3) is 5.21. The SMILES string of the molecule is Cc1ccc(C(C)C)c(O[C@H](C)C(=O)Nc2ccccc2C(=O)N2CCCCC2)c1. The minimum atomic E-state index is -0.692. The predicted molar refractivity (Wildman–Crippen MR) is 120 cm³/mol. The molecule has 1 aliphatic rings. The van der Waals surface area contributed by atoms with Crippen LogP contribution in [0.4, 0.5) is 5.69 Å². The number of ether oxygens (including phenoxy) is 1. The van der Waals surface area contributed by atoms with Gasteiger partial charge in [0.15, 0.2) is 6.10 Å². The third-order valence-electron chi connectivity index (χ3n) is 5.52. The van der Waals surface area contributed by atoms with Crippen molar-refractivity contribution < 1.29 is 14.3 Å². The number of benzene rings is 2. The first-order chi connectivity index (χ1) is 14.4. The number of amides is 2. The molecule has 5 heteroatoms. The van der Waals surface area contributed by atoms with Crippen molar-refractivity contribution in [2.75, 3.05) is 18.4 Å². The van der Waals surface area contributed by atoms with Crippen molar-refractivity contribution in [3.63, 3.8) is 0 Å².